The molecule has 2 aromatic carbocycles. The lowest BCUT2D eigenvalue weighted by Gasteiger charge is -2.23. The fraction of sp³-hybridized carbons (Fsp3) is 0.286. The smallest absolute Gasteiger partial charge is 0.0464 e. The van der Waals surface area contributed by atoms with Crippen LogP contribution in [-0.2, 0) is 0 Å². The van der Waals surface area contributed by atoms with Crippen LogP contribution in [0.25, 0.3) is 10.8 Å². The lowest BCUT2D eigenvalue weighted by Crippen LogP contribution is -2.14. The molecule has 96 valence electrons. The van der Waals surface area contributed by atoms with Crippen molar-refractivity contribution in [2.75, 3.05) is 49.5 Å². The highest BCUT2D eigenvalue weighted by Crippen LogP contribution is 2.39. The first-order valence-corrected chi connectivity index (χ1v) is 5.88. The van der Waals surface area contributed by atoms with Crippen LogP contribution < -0.4 is 21.3 Å². The van der Waals surface area contributed by atoms with Crippen LogP contribution in [0.3, 0.4) is 0 Å². The molecule has 0 aliphatic heterocycles. The molecule has 2 rings (SSSR count). The highest BCUT2D eigenvalue weighted by atomic mass is 15.1. The Balaban J connectivity index is 2.97. The van der Waals surface area contributed by atoms with E-state index >= 15 is 0 Å². The zero-order valence-corrected chi connectivity index (χ0v) is 11.4. The molecule has 0 aliphatic carbocycles. The third kappa shape index (κ3) is 1.79. The van der Waals surface area contributed by atoms with Gasteiger partial charge in [-0.05, 0) is 24.3 Å². The molecule has 0 aromatic heterocycles. The van der Waals surface area contributed by atoms with E-state index in [1.54, 1.807) is 0 Å². The molecule has 0 fully saturated rings. The van der Waals surface area contributed by atoms with Crippen LogP contribution >= 0.6 is 0 Å². The Morgan fingerprint density at radius 2 is 1.06 bits per heavy atom. The van der Waals surface area contributed by atoms with E-state index in [1.165, 1.54) is 0 Å². The number of nitrogens with two attached hydrogens (primary N) is 2. The zero-order valence-electron chi connectivity index (χ0n) is 11.4. The average Bonchev–Trinajstić information content (AvgIpc) is 2.28. The van der Waals surface area contributed by atoms with Crippen molar-refractivity contribution in [3.05, 3.63) is 24.3 Å². The molecule has 0 bridgehead atoms. The van der Waals surface area contributed by atoms with Crippen molar-refractivity contribution in [1.29, 1.82) is 0 Å². The number of nitrogens with zero attached hydrogens (tertiary/aromatic N) is 2. The molecular weight excluding hydrogens is 224 g/mol. The van der Waals surface area contributed by atoms with Gasteiger partial charge in [0.1, 0.15) is 0 Å². The van der Waals surface area contributed by atoms with Crippen LogP contribution in [-0.4, -0.2) is 28.2 Å². The molecule has 0 radical (unpaired) electrons. The number of fused-ring (bicyclic) bond motifs is 1. The molecule has 0 heterocycles. The average molecular weight is 244 g/mol. The lowest BCUT2D eigenvalue weighted by atomic mass is 10.0. The standard InChI is InChI=1S/C14H20N4/c1-17(2)11-7-5-9(15)13-10(16)6-8-12(14(11)13)18(3)4/h5-8H,15-16H2,1-4H3. The van der Waals surface area contributed by atoms with Crippen LogP contribution in [0, 0.1) is 0 Å². The van der Waals surface area contributed by atoms with Gasteiger partial charge in [0.2, 0.25) is 0 Å². The predicted octanol–water partition coefficient (Wildman–Crippen LogP) is 2.14. The van der Waals surface area contributed by atoms with Crippen molar-refractivity contribution in [1.82, 2.24) is 0 Å². The topological polar surface area (TPSA) is 58.5 Å². The van der Waals surface area contributed by atoms with Gasteiger partial charge in [-0.1, -0.05) is 0 Å². The van der Waals surface area contributed by atoms with Crippen molar-refractivity contribution < 1.29 is 0 Å². The Morgan fingerprint density at radius 1 is 0.667 bits per heavy atom. The summed E-state index contributed by atoms with van der Waals surface area (Å²) >= 11 is 0. The summed E-state index contributed by atoms with van der Waals surface area (Å²) in [6.45, 7) is 0. The molecule has 0 saturated carbocycles. The largest absolute Gasteiger partial charge is 0.398 e. The maximum Gasteiger partial charge on any atom is 0.0464 e. The molecule has 0 amide bonds. The summed E-state index contributed by atoms with van der Waals surface area (Å²) in [5.74, 6) is 0. The van der Waals surface area contributed by atoms with Gasteiger partial charge >= 0.3 is 0 Å². The number of hydrogen-bond donors (Lipinski definition) is 2. The SMILES string of the molecule is CN(C)c1ccc(N)c2c(N)ccc(N(C)C)c12. The Labute approximate surface area is 108 Å². The van der Waals surface area contributed by atoms with Gasteiger partial charge < -0.3 is 21.3 Å². The third-order valence-corrected chi connectivity index (χ3v) is 3.14. The highest BCUT2D eigenvalue weighted by molar-refractivity contribution is 6.13. The van der Waals surface area contributed by atoms with E-state index in [2.05, 4.69) is 9.80 Å². The molecule has 4 heteroatoms. The summed E-state index contributed by atoms with van der Waals surface area (Å²) in [6, 6.07) is 7.88. The van der Waals surface area contributed by atoms with Crippen molar-refractivity contribution in [2.24, 2.45) is 0 Å². The number of nitrogen functional groups attached to an aromatic ring is 2. The second-order valence-corrected chi connectivity index (χ2v) is 4.89. The van der Waals surface area contributed by atoms with Gasteiger partial charge in [0.15, 0.2) is 0 Å². The van der Waals surface area contributed by atoms with E-state index in [-0.39, 0.29) is 0 Å². The van der Waals surface area contributed by atoms with E-state index in [1.807, 2.05) is 52.5 Å². The van der Waals surface area contributed by atoms with Crippen molar-refractivity contribution in [3.63, 3.8) is 0 Å². The quantitative estimate of drug-likeness (QED) is 0.795. The molecular formula is C14H20N4. The van der Waals surface area contributed by atoms with Crippen LogP contribution in [0.2, 0.25) is 0 Å². The second kappa shape index (κ2) is 4.29. The molecule has 0 spiro atoms. The Bertz CT molecular complexity index is 539. The van der Waals surface area contributed by atoms with E-state index < -0.39 is 0 Å². The lowest BCUT2D eigenvalue weighted by molar-refractivity contribution is 1.12. The number of rotatable bonds is 2. The minimum Gasteiger partial charge on any atom is -0.398 e. The van der Waals surface area contributed by atoms with Gasteiger partial charge in [-0.25, -0.2) is 0 Å². The first kappa shape index (κ1) is 12.4. The Morgan fingerprint density at radius 3 is 1.39 bits per heavy atom. The molecule has 4 nitrogen and oxygen atoms in total. The van der Waals surface area contributed by atoms with Crippen LogP contribution in [0.5, 0.6) is 0 Å². The van der Waals surface area contributed by atoms with Crippen LogP contribution in [0.4, 0.5) is 22.7 Å². The van der Waals surface area contributed by atoms with Crippen molar-refractivity contribution in [3.8, 4) is 0 Å². The molecule has 2 aromatic rings. The number of anilines is 4. The fourth-order valence-electron chi connectivity index (χ4n) is 2.26. The van der Waals surface area contributed by atoms with Gasteiger partial charge in [-0.3, -0.25) is 0 Å². The molecule has 0 saturated heterocycles. The molecule has 4 N–H and O–H groups in total. The predicted molar refractivity (Wildman–Crippen MR) is 81.4 cm³/mol. The third-order valence-electron chi connectivity index (χ3n) is 3.14. The molecule has 0 atom stereocenters. The Kier molecular flexibility index (Phi) is 2.95. The van der Waals surface area contributed by atoms with Crippen LogP contribution in [0.15, 0.2) is 24.3 Å². The van der Waals surface area contributed by atoms with E-state index in [4.69, 9.17) is 11.5 Å². The number of benzene rings is 2. The fourth-order valence-corrected chi connectivity index (χ4v) is 2.26. The molecule has 18 heavy (non-hydrogen) atoms. The summed E-state index contributed by atoms with van der Waals surface area (Å²) in [6.07, 6.45) is 0. The summed E-state index contributed by atoms with van der Waals surface area (Å²) in [4.78, 5) is 4.16. The zero-order chi connectivity index (χ0) is 13.4. The van der Waals surface area contributed by atoms with Gasteiger partial charge in [-0.15, -0.1) is 0 Å². The summed E-state index contributed by atoms with van der Waals surface area (Å²) < 4.78 is 0. The van der Waals surface area contributed by atoms with Crippen molar-refractivity contribution in [2.45, 2.75) is 0 Å². The molecule has 0 aliphatic rings. The second-order valence-electron chi connectivity index (χ2n) is 4.89. The minimum atomic E-state index is 0.719. The minimum absolute atomic E-state index is 0.719. The van der Waals surface area contributed by atoms with Crippen LogP contribution in [0.1, 0.15) is 0 Å². The van der Waals surface area contributed by atoms with E-state index in [0.29, 0.717) is 0 Å². The first-order valence-electron chi connectivity index (χ1n) is 5.88. The van der Waals surface area contributed by atoms with Gasteiger partial charge in [-0.2, -0.15) is 0 Å². The Hall–Kier alpha value is -2.10. The maximum atomic E-state index is 6.08. The van der Waals surface area contributed by atoms with Gasteiger partial charge in [0.05, 0.1) is 0 Å². The number of hydrogen-bond acceptors (Lipinski definition) is 4. The molecule has 0 unspecified atom stereocenters. The van der Waals surface area contributed by atoms with E-state index in [9.17, 15) is 0 Å². The first-order chi connectivity index (χ1) is 8.43. The monoisotopic (exact) mass is 244 g/mol. The van der Waals surface area contributed by atoms with Crippen molar-refractivity contribution >= 4 is 33.5 Å². The van der Waals surface area contributed by atoms with Gasteiger partial charge in [0, 0.05) is 61.7 Å². The van der Waals surface area contributed by atoms with Gasteiger partial charge in [0.25, 0.3) is 0 Å². The highest BCUT2D eigenvalue weighted by Gasteiger charge is 2.13. The summed E-state index contributed by atoms with van der Waals surface area (Å²) in [5, 5.41) is 2.04. The summed E-state index contributed by atoms with van der Waals surface area (Å²) in [5.41, 5.74) is 15.8. The maximum absolute atomic E-state index is 6.08. The summed E-state index contributed by atoms with van der Waals surface area (Å²) in [7, 11) is 8.09. The van der Waals surface area contributed by atoms with E-state index in [0.717, 1.165) is 33.5 Å². The normalized spacial score (nSPS) is 10.7.